The Morgan fingerprint density at radius 2 is 1.90 bits per heavy atom. The number of aromatic amines is 2. The zero-order chi connectivity index (χ0) is 20.9. The van der Waals surface area contributed by atoms with Gasteiger partial charge in [0.2, 0.25) is 0 Å². The van der Waals surface area contributed by atoms with E-state index in [0.29, 0.717) is 0 Å². The molecule has 6 aromatic rings. The van der Waals surface area contributed by atoms with Gasteiger partial charge in [-0.1, -0.05) is 6.07 Å². The number of imidazole rings is 1. The first-order chi connectivity index (χ1) is 15.2. The highest BCUT2D eigenvalue weighted by atomic mass is 15.1. The summed E-state index contributed by atoms with van der Waals surface area (Å²) in [6, 6.07) is 10.0. The second-order valence-electron chi connectivity index (χ2n) is 7.49. The molecule has 150 valence electrons. The minimum Gasteiger partial charge on any atom is -0.352 e. The van der Waals surface area contributed by atoms with Crippen molar-refractivity contribution >= 4 is 21.9 Å². The molecule has 0 atom stereocenters. The van der Waals surface area contributed by atoms with E-state index in [1.54, 1.807) is 6.20 Å². The Hall–Kier alpha value is -4.33. The highest BCUT2D eigenvalue weighted by Gasteiger charge is 2.16. The fraction of sp³-hybridized carbons (Fsp3) is 0.0870. The highest BCUT2D eigenvalue weighted by Crippen LogP contribution is 2.33. The van der Waals surface area contributed by atoms with E-state index in [2.05, 4.69) is 36.2 Å². The highest BCUT2D eigenvalue weighted by molar-refractivity contribution is 5.99. The SMILES string of the molecule is Cc1ncc(-c2ccc3[nH]nc(-c4cc5c(-c6cccnc6)cncc5[nH]4)c3n2)n1C. The monoisotopic (exact) mass is 406 g/mol. The van der Waals surface area contributed by atoms with Gasteiger partial charge in [0.1, 0.15) is 17.0 Å². The van der Waals surface area contributed by atoms with Crippen molar-refractivity contribution in [3.8, 4) is 33.9 Å². The van der Waals surface area contributed by atoms with Crippen molar-refractivity contribution in [3.63, 3.8) is 0 Å². The number of H-pyrrole nitrogens is 2. The average molecular weight is 406 g/mol. The second kappa shape index (κ2) is 6.60. The molecule has 6 rings (SSSR count). The maximum atomic E-state index is 4.91. The molecule has 0 spiro atoms. The van der Waals surface area contributed by atoms with Gasteiger partial charge in [-0.05, 0) is 31.2 Å². The van der Waals surface area contributed by atoms with E-state index in [1.165, 1.54) is 0 Å². The number of hydrogen-bond donors (Lipinski definition) is 2. The number of pyridine rings is 3. The van der Waals surface area contributed by atoms with E-state index in [9.17, 15) is 0 Å². The molecule has 0 bridgehead atoms. The molecule has 0 amide bonds. The zero-order valence-electron chi connectivity index (χ0n) is 17.0. The van der Waals surface area contributed by atoms with E-state index in [1.807, 2.05) is 67.6 Å². The average Bonchev–Trinajstić information content (AvgIpc) is 3.50. The molecule has 0 aliphatic carbocycles. The summed E-state index contributed by atoms with van der Waals surface area (Å²) < 4.78 is 2.03. The second-order valence-corrected chi connectivity index (χ2v) is 7.49. The predicted octanol–water partition coefficient (Wildman–Crippen LogP) is 4.27. The summed E-state index contributed by atoms with van der Waals surface area (Å²) in [6.07, 6.45) is 9.14. The van der Waals surface area contributed by atoms with Crippen LogP contribution in [0.3, 0.4) is 0 Å². The van der Waals surface area contributed by atoms with Crippen LogP contribution in [-0.4, -0.2) is 39.7 Å². The van der Waals surface area contributed by atoms with Crippen molar-refractivity contribution in [2.24, 2.45) is 7.05 Å². The summed E-state index contributed by atoms with van der Waals surface area (Å²) in [7, 11) is 1.99. The van der Waals surface area contributed by atoms with Gasteiger partial charge in [0.15, 0.2) is 0 Å². The lowest BCUT2D eigenvalue weighted by molar-refractivity contribution is 0.862. The summed E-state index contributed by atoms with van der Waals surface area (Å²) in [5.74, 6) is 0.940. The van der Waals surface area contributed by atoms with E-state index >= 15 is 0 Å². The number of hydrogen-bond acceptors (Lipinski definition) is 5. The van der Waals surface area contributed by atoms with Crippen LogP contribution in [-0.2, 0) is 7.05 Å². The lowest BCUT2D eigenvalue weighted by Gasteiger charge is -2.03. The molecular formula is C23H18N8. The predicted molar refractivity (Wildman–Crippen MR) is 119 cm³/mol. The molecule has 0 aliphatic heterocycles. The van der Waals surface area contributed by atoms with Gasteiger partial charge in [-0.2, -0.15) is 5.10 Å². The number of fused-ring (bicyclic) bond motifs is 2. The maximum absolute atomic E-state index is 4.91. The van der Waals surface area contributed by atoms with Crippen molar-refractivity contribution in [2.75, 3.05) is 0 Å². The van der Waals surface area contributed by atoms with Gasteiger partial charge in [-0.15, -0.1) is 0 Å². The number of aromatic nitrogens is 8. The summed E-state index contributed by atoms with van der Waals surface area (Å²) in [6.45, 7) is 1.98. The lowest BCUT2D eigenvalue weighted by Crippen LogP contribution is -1.96. The molecule has 0 saturated carbocycles. The number of aryl methyl sites for hydroxylation is 1. The fourth-order valence-corrected chi connectivity index (χ4v) is 3.90. The van der Waals surface area contributed by atoms with Gasteiger partial charge in [-0.25, -0.2) is 9.97 Å². The molecule has 0 saturated heterocycles. The Morgan fingerprint density at radius 1 is 0.968 bits per heavy atom. The van der Waals surface area contributed by atoms with Gasteiger partial charge in [0.25, 0.3) is 0 Å². The minimum atomic E-state index is 0.768. The van der Waals surface area contributed by atoms with Crippen LogP contribution in [0, 0.1) is 6.92 Å². The number of nitrogens with one attached hydrogen (secondary N) is 2. The molecule has 0 aliphatic rings. The van der Waals surface area contributed by atoms with Gasteiger partial charge in [-0.3, -0.25) is 15.1 Å². The van der Waals surface area contributed by atoms with Crippen molar-refractivity contribution < 1.29 is 0 Å². The van der Waals surface area contributed by atoms with Crippen LogP contribution >= 0.6 is 0 Å². The maximum Gasteiger partial charge on any atom is 0.135 e. The molecule has 8 heteroatoms. The van der Waals surface area contributed by atoms with Crippen LogP contribution in [0.15, 0.2) is 61.3 Å². The summed E-state index contributed by atoms with van der Waals surface area (Å²) >= 11 is 0. The van der Waals surface area contributed by atoms with Crippen LogP contribution in [0.2, 0.25) is 0 Å². The molecular weight excluding hydrogens is 388 g/mol. The van der Waals surface area contributed by atoms with Crippen LogP contribution < -0.4 is 0 Å². The molecule has 0 unspecified atom stereocenters. The van der Waals surface area contributed by atoms with E-state index in [0.717, 1.165) is 61.7 Å². The molecule has 0 fully saturated rings. The Balaban J connectivity index is 1.52. The van der Waals surface area contributed by atoms with Gasteiger partial charge in [0.05, 0.1) is 40.5 Å². The van der Waals surface area contributed by atoms with E-state index < -0.39 is 0 Å². The third kappa shape index (κ3) is 2.72. The quantitative estimate of drug-likeness (QED) is 0.457. The van der Waals surface area contributed by atoms with Crippen LogP contribution in [0.5, 0.6) is 0 Å². The van der Waals surface area contributed by atoms with Gasteiger partial charge < -0.3 is 9.55 Å². The first-order valence-corrected chi connectivity index (χ1v) is 9.90. The third-order valence-electron chi connectivity index (χ3n) is 5.66. The Labute approximate surface area is 177 Å². The summed E-state index contributed by atoms with van der Waals surface area (Å²) in [4.78, 5) is 21.4. The van der Waals surface area contributed by atoms with Crippen molar-refractivity contribution in [2.45, 2.75) is 6.92 Å². The molecule has 0 radical (unpaired) electrons. The lowest BCUT2D eigenvalue weighted by atomic mass is 10.1. The standard InChI is InChI=1S/C23H18N8/c1-13-26-12-21(31(13)2)17-5-6-18-22(28-17)23(30-29-18)19-8-15-16(10-25-11-20(15)27-19)14-4-3-7-24-9-14/h3-12,27H,1-2H3,(H,29,30). The molecule has 6 heterocycles. The van der Waals surface area contributed by atoms with Crippen molar-refractivity contribution in [1.29, 1.82) is 0 Å². The summed E-state index contributed by atoms with van der Waals surface area (Å²) in [5.41, 5.74) is 8.12. The number of rotatable bonds is 3. The normalized spacial score (nSPS) is 11.5. The smallest absolute Gasteiger partial charge is 0.135 e. The Kier molecular flexibility index (Phi) is 3.73. The molecule has 6 aromatic heterocycles. The van der Waals surface area contributed by atoms with Gasteiger partial charge in [0, 0.05) is 42.2 Å². The first kappa shape index (κ1) is 17.5. The van der Waals surface area contributed by atoms with Crippen molar-refractivity contribution in [1.82, 2.24) is 39.7 Å². The molecule has 2 N–H and O–H groups in total. The third-order valence-corrected chi connectivity index (χ3v) is 5.66. The Bertz CT molecular complexity index is 1560. The molecule has 8 nitrogen and oxygen atoms in total. The summed E-state index contributed by atoms with van der Waals surface area (Å²) in [5, 5.41) is 8.71. The molecule has 31 heavy (non-hydrogen) atoms. The Morgan fingerprint density at radius 3 is 2.71 bits per heavy atom. The topological polar surface area (TPSA) is 101 Å². The van der Waals surface area contributed by atoms with Gasteiger partial charge >= 0.3 is 0 Å². The van der Waals surface area contributed by atoms with Crippen LogP contribution in [0.4, 0.5) is 0 Å². The van der Waals surface area contributed by atoms with E-state index in [4.69, 9.17) is 4.98 Å². The fourth-order valence-electron chi connectivity index (χ4n) is 3.90. The van der Waals surface area contributed by atoms with Crippen LogP contribution in [0.25, 0.3) is 55.8 Å². The minimum absolute atomic E-state index is 0.768. The first-order valence-electron chi connectivity index (χ1n) is 9.90. The zero-order valence-corrected chi connectivity index (χ0v) is 17.0. The van der Waals surface area contributed by atoms with Crippen molar-refractivity contribution in [3.05, 3.63) is 67.1 Å². The van der Waals surface area contributed by atoms with E-state index in [-0.39, 0.29) is 0 Å². The molecule has 0 aromatic carbocycles. The number of nitrogens with zero attached hydrogens (tertiary/aromatic N) is 6. The van der Waals surface area contributed by atoms with Crippen LogP contribution in [0.1, 0.15) is 5.82 Å². The largest absolute Gasteiger partial charge is 0.352 e.